The van der Waals surface area contributed by atoms with Gasteiger partial charge < -0.3 is 15.2 Å². The summed E-state index contributed by atoms with van der Waals surface area (Å²) in [4.78, 5) is 21.9. The van der Waals surface area contributed by atoms with Crippen LogP contribution in [-0.4, -0.2) is 38.4 Å². The van der Waals surface area contributed by atoms with Crippen molar-refractivity contribution in [2.24, 2.45) is 5.92 Å². The number of halogens is 3. The van der Waals surface area contributed by atoms with Crippen LogP contribution >= 0.6 is 11.6 Å². The van der Waals surface area contributed by atoms with E-state index in [0.29, 0.717) is 23.1 Å². The number of carbonyl (C=O) groups is 1. The van der Waals surface area contributed by atoms with E-state index < -0.39 is 11.8 Å². The summed E-state index contributed by atoms with van der Waals surface area (Å²) in [5.41, 5.74) is 3.64. The summed E-state index contributed by atoms with van der Waals surface area (Å²) in [7, 11) is 0. The van der Waals surface area contributed by atoms with Crippen molar-refractivity contribution in [1.29, 1.82) is 0 Å². The molecule has 2 saturated carbocycles. The zero-order chi connectivity index (χ0) is 27.0. The first-order valence-electron chi connectivity index (χ1n) is 13.5. The molecule has 4 aromatic rings. The lowest BCUT2D eigenvalue weighted by Crippen LogP contribution is -2.44. The first-order valence-corrected chi connectivity index (χ1v) is 13.9. The van der Waals surface area contributed by atoms with E-state index in [9.17, 15) is 13.6 Å². The molecule has 202 valence electrons. The van der Waals surface area contributed by atoms with Gasteiger partial charge in [-0.1, -0.05) is 48.0 Å². The number of hydrogen-bond donors (Lipinski definition) is 2. The summed E-state index contributed by atoms with van der Waals surface area (Å²) in [6.45, 7) is 0. The second kappa shape index (κ2) is 10.6. The quantitative estimate of drug-likeness (QED) is 0.271. The standard InChI is InChI=1S/C30H30ClF2N5O/c31-25-17-34-29(36-21-8-6-7-20(15-21)35-28(39)19-13-14-30(32,33)16-19)37-27(25)24-18-38(22-9-2-1-3-10-22)26-12-5-4-11-23(24)26/h1-5,9-12,17-21H,6-8,13-16H2,(H,35,39)(H,34,36,37)/t19-,20-,21+/m0/s1. The number of benzene rings is 2. The Morgan fingerprint density at radius 2 is 1.79 bits per heavy atom. The summed E-state index contributed by atoms with van der Waals surface area (Å²) in [5.74, 6) is -3.11. The third-order valence-corrected chi connectivity index (χ3v) is 8.15. The molecule has 2 aromatic heterocycles. The number of nitrogens with one attached hydrogen (secondary N) is 2. The molecular formula is C30H30ClF2N5O. The Morgan fingerprint density at radius 3 is 2.59 bits per heavy atom. The lowest BCUT2D eigenvalue weighted by Gasteiger charge is -2.31. The molecule has 2 N–H and O–H groups in total. The number of fused-ring (bicyclic) bond motifs is 1. The summed E-state index contributed by atoms with van der Waals surface area (Å²) in [5, 5.41) is 7.94. The van der Waals surface area contributed by atoms with Crippen molar-refractivity contribution in [3.63, 3.8) is 0 Å². The van der Waals surface area contributed by atoms with Crippen LogP contribution in [0.3, 0.4) is 0 Å². The minimum Gasteiger partial charge on any atom is -0.353 e. The van der Waals surface area contributed by atoms with Crippen molar-refractivity contribution in [2.75, 3.05) is 5.32 Å². The maximum absolute atomic E-state index is 13.6. The molecular weight excluding hydrogens is 520 g/mol. The molecule has 0 aliphatic heterocycles. The number of anilines is 1. The zero-order valence-corrected chi connectivity index (χ0v) is 22.2. The molecule has 0 radical (unpaired) electrons. The molecule has 3 atom stereocenters. The predicted octanol–water partition coefficient (Wildman–Crippen LogP) is 7.02. The van der Waals surface area contributed by atoms with Crippen molar-refractivity contribution in [1.82, 2.24) is 19.9 Å². The Hall–Kier alpha value is -3.52. The molecule has 0 saturated heterocycles. The van der Waals surface area contributed by atoms with Crippen molar-refractivity contribution >= 4 is 34.4 Å². The van der Waals surface area contributed by atoms with E-state index in [-0.39, 0.29) is 37.3 Å². The van der Waals surface area contributed by atoms with E-state index in [2.05, 4.69) is 50.6 Å². The normalized spacial score (nSPS) is 22.6. The SMILES string of the molecule is O=C(N[C@H]1CCC[C@@H](Nc2ncc(Cl)c(-c3cn(-c4ccccc4)c4ccccc34)n2)C1)[C@H]1CCC(F)(F)C1. The molecule has 2 aliphatic rings. The number of hydrogen-bond acceptors (Lipinski definition) is 4. The van der Waals surface area contributed by atoms with Gasteiger partial charge in [0.05, 0.1) is 22.4 Å². The van der Waals surface area contributed by atoms with Crippen molar-refractivity contribution in [2.45, 2.75) is 63.0 Å². The van der Waals surface area contributed by atoms with Crippen molar-refractivity contribution in [3.8, 4) is 16.9 Å². The van der Waals surface area contributed by atoms with Gasteiger partial charge >= 0.3 is 0 Å². The summed E-state index contributed by atoms with van der Waals surface area (Å²) < 4.78 is 29.3. The Kier molecular flexibility index (Phi) is 6.97. The van der Waals surface area contributed by atoms with Crippen LogP contribution in [0, 0.1) is 5.92 Å². The highest BCUT2D eigenvalue weighted by Gasteiger charge is 2.43. The Bertz CT molecular complexity index is 1490. The van der Waals surface area contributed by atoms with Gasteiger partial charge in [-0.25, -0.2) is 18.7 Å². The molecule has 9 heteroatoms. The van der Waals surface area contributed by atoms with Gasteiger partial charge in [0.15, 0.2) is 0 Å². The van der Waals surface area contributed by atoms with Crippen LogP contribution < -0.4 is 10.6 Å². The number of nitrogens with zero attached hydrogens (tertiary/aromatic N) is 3. The monoisotopic (exact) mass is 549 g/mol. The number of carbonyl (C=O) groups excluding carboxylic acids is 1. The molecule has 0 spiro atoms. The Morgan fingerprint density at radius 1 is 1.03 bits per heavy atom. The maximum Gasteiger partial charge on any atom is 0.248 e. The average Bonchev–Trinajstić information content (AvgIpc) is 3.51. The fourth-order valence-corrected chi connectivity index (χ4v) is 6.12. The van der Waals surface area contributed by atoms with Gasteiger partial charge in [-0.05, 0) is 50.3 Å². The van der Waals surface area contributed by atoms with Gasteiger partial charge in [-0.15, -0.1) is 0 Å². The Labute approximate surface area is 230 Å². The van der Waals surface area contributed by atoms with E-state index in [1.54, 1.807) is 6.20 Å². The van der Waals surface area contributed by atoms with Crippen molar-refractivity contribution in [3.05, 3.63) is 72.0 Å². The number of rotatable bonds is 6. The van der Waals surface area contributed by atoms with E-state index >= 15 is 0 Å². The van der Waals surface area contributed by atoms with Crippen LogP contribution in [0.25, 0.3) is 27.8 Å². The molecule has 0 bridgehead atoms. The molecule has 6 rings (SSSR count). The fraction of sp³-hybridized carbons (Fsp3) is 0.367. The highest BCUT2D eigenvalue weighted by atomic mass is 35.5. The first-order chi connectivity index (χ1) is 18.9. The van der Waals surface area contributed by atoms with Crippen LogP contribution in [0.1, 0.15) is 44.9 Å². The second-order valence-corrected chi connectivity index (χ2v) is 11.1. The number of para-hydroxylation sites is 2. The maximum atomic E-state index is 13.6. The molecule has 2 aromatic carbocycles. The highest BCUT2D eigenvalue weighted by Crippen LogP contribution is 2.39. The van der Waals surface area contributed by atoms with Crippen molar-refractivity contribution < 1.29 is 13.6 Å². The molecule has 1 amide bonds. The van der Waals surface area contributed by atoms with E-state index in [1.165, 1.54) is 0 Å². The molecule has 2 heterocycles. The lowest BCUT2D eigenvalue weighted by molar-refractivity contribution is -0.126. The topological polar surface area (TPSA) is 71.8 Å². The van der Waals surface area contributed by atoms with Crippen LogP contribution in [-0.2, 0) is 4.79 Å². The Balaban J connectivity index is 1.20. The second-order valence-electron chi connectivity index (χ2n) is 10.7. The largest absolute Gasteiger partial charge is 0.353 e. The van der Waals surface area contributed by atoms with Crippen LogP contribution in [0.4, 0.5) is 14.7 Å². The molecule has 39 heavy (non-hydrogen) atoms. The number of amides is 1. The van der Waals surface area contributed by atoms with Gasteiger partial charge in [0, 0.05) is 53.7 Å². The van der Waals surface area contributed by atoms with E-state index in [1.807, 2.05) is 30.3 Å². The van der Waals surface area contributed by atoms with E-state index in [0.717, 1.165) is 41.4 Å². The van der Waals surface area contributed by atoms with Gasteiger partial charge in [0.2, 0.25) is 17.8 Å². The third-order valence-electron chi connectivity index (χ3n) is 7.87. The first kappa shape index (κ1) is 25.7. The summed E-state index contributed by atoms with van der Waals surface area (Å²) in [6.07, 6.45) is 6.68. The minimum absolute atomic E-state index is 0.0498. The lowest BCUT2D eigenvalue weighted by atomic mass is 9.90. The molecule has 6 nitrogen and oxygen atoms in total. The molecule has 2 fully saturated rings. The molecule has 2 aliphatic carbocycles. The van der Waals surface area contributed by atoms with Crippen LogP contribution in [0.15, 0.2) is 67.0 Å². The van der Waals surface area contributed by atoms with Gasteiger partial charge in [-0.3, -0.25) is 4.79 Å². The predicted molar refractivity (Wildman–Crippen MR) is 149 cm³/mol. The number of aromatic nitrogens is 3. The molecule has 0 unspecified atom stereocenters. The van der Waals surface area contributed by atoms with Crippen LogP contribution in [0.2, 0.25) is 5.02 Å². The number of alkyl halides is 2. The fourth-order valence-electron chi connectivity index (χ4n) is 5.92. The van der Waals surface area contributed by atoms with Crippen LogP contribution in [0.5, 0.6) is 0 Å². The summed E-state index contributed by atoms with van der Waals surface area (Å²) in [6, 6.07) is 18.2. The smallest absolute Gasteiger partial charge is 0.248 e. The van der Waals surface area contributed by atoms with Gasteiger partial charge in [-0.2, -0.15) is 0 Å². The third kappa shape index (κ3) is 5.48. The summed E-state index contributed by atoms with van der Waals surface area (Å²) >= 11 is 6.63. The van der Waals surface area contributed by atoms with Gasteiger partial charge in [0.1, 0.15) is 0 Å². The minimum atomic E-state index is -2.73. The average molecular weight is 550 g/mol. The van der Waals surface area contributed by atoms with Gasteiger partial charge in [0.25, 0.3) is 0 Å². The highest BCUT2D eigenvalue weighted by molar-refractivity contribution is 6.33. The van der Waals surface area contributed by atoms with E-state index in [4.69, 9.17) is 16.6 Å². The zero-order valence-electron chi connectivity index (χ0n) is 21.4.